The minimum absolute atomic E-state index is 0.0462. The second-order valence-corrected chi connectivity index (χ2v) is 5.63. The number of H-pyrrole nitrogens is 1. The number of imidazole rings is 1. The van der Waals surface area contributed by atoms with Crippen LogP contribution in [0.15, 0.2) is 23.4 Å². The molecule has 27 heavy (non-hydrogen) atoms. The fourth-order valence-electron chi connectivity index (χ4n) is 2.18. The molecule has 2 rings (SSSR count). The number of amides is 1. The minimum Gasteiger partial charge on any atom is -0.393 e. The molecule has 11 heteroatoms. The third-order valence-electron chi connectivity index (χ3n) is 3.39. The van der Waals surface area contributed by atoms with E-state index in [1.165, 1.54) is 10.8 Å². The number of hydrogen-bond donors (Lipinski definition) is 3. The van der Waals surface area contributed by atoms with Crippen LogP contribution in [0.25, 0.3) is 0 Å². The van der Waals surface area contributed by atoms with Gasteiger partial charge in [0.1, 0.15) is 5.82 Å². The van der Waals surface area contributed by atoms with Crippen LogP contribution >= 0.6 is 0 Å². The molecule has 0 spiro atoms. The van der Waals surface area contributed by atoms with E-state index in [0.717, 1.165) is 6.92 Å². The second kappa shape index (κ2) is 9.27. The smallest absolute Gasteiger partial charge is 0.349 e. The number of nitrogens with one attached hydrogen (secondary N) is 3. The second-order valence-electron chi connectivity index (χ2n) is 5.63. The van der Waals surface area contributed by atoms with E-state index in [1.807, 2.05) is 0 Å². The van der Waals surface area contributed by atoms with E-state index >= 15 is 0 Å². The number of aromatic amines is 1. The highest BCUT2D eigenvalue weighted by Crippen LogP contribution is 2.08. The highest BCUT2D eigenvalue weighted by Gasteiger charge is 2.10. The largest absolute Gasteiger partial charge is 0.393 e. The molecule has 2 aromatic heterocycles. The Morgan fingerprint density at radius 2 is 2.07 bits per heavy atom. The van der Waals surface area contributed by atoms with Gasteiger partial charge in [0.25, 0.3) is 0 Å². The van der Waals surface area contributed by atoms with Crippen LogP contribution in [0.3, 0.4) is 0 Å². The van der Waals surface area contributed by atoms with Crippen LogP contribution in [0.1, 0.15) is 25.3 Å². The van der Waals surface area contributed by atoms with Gasteiger partial charge >= 0.3 is 17.6 Å². The van der Waals surface area contributed by atoms with Gasteiger partial charge in [0.2, 0.25) is 11.9 Å². The van der Waals surface area contributed by atoms with Gasteiger partial charge in [-0.05, 0) is 6.92 Å². The summed E-state index contributed by atoms with van der Waals surface area (Å²) in [5, 5.41) is 5.51. The van der Waals surface area contributed by atoms with Gasteiger partial charge in [-0.1, -0.05) is 0 Å². The predicted octanol–water partition coefficient (Wildman–Crippen LogP) is 0.195. The van der Waals surface area contributed by atoms with E-state index in [2.05, 4.69) is 30.3 Å². The molecule has 0 unspecified atom stereocenters. The lowest BCUT2D eigenvalue weighted by Gasteiger charge is -2.11. The molecule has 0 aliphatic rings. The van der Waals surface area contributed by atoms with Crippen LogP contribution in [0.2, 0.25) is 0 Å². The third-order valence-corrected chi connectivity index (χ3v) is 3.39. The molecule has 2 heterocycles. The van der Waals surface area contributed by atoms with Crippen molar-refractivity contribution < 1.29 is 19.1 Å². The number of nitrogens with zero attached hydrogens (tertiary/aromatic N) is 3. The SMILES string of the molecule is CC(=O)OC(=O)CCn1cc(C)c(NCCC(=O)Nc2ncc[nH]2)nc1=O. The highest BCUT2D eigenvalue weighted by atomic mass is 16.6. The number of carbonyl (C=O) groups excluding carboxylic acids is 3. The predicted molar refractivity (Wildman–Crippen MR) is 94.9 cm³/mol. The zero-order chi connectivity index (χ0) is 19.8. The van der Waals surface area contributed by atoms with Gasteiger partial charge in [-0.25, -0.2) is 9.78 Å². The average Bonchev–Trinajstić information content (AvgIpc) is 3.08. The van der Waals surface area contributed by atoms with Crippen LogP contribution in [-0.4, -0.2) is 43.9 Å². The van der Waals surface area contributed by atoms with Gasteiger partial charge in [0, 0.05) is 50.6 Å². The van der Waals surface area contributed by atoms with Crippen molar-refractivity contribution >= 4 is 29.6 Å². The maximum Gasteiger partial charge on any atom is 0.349 e. The maximum atomic E-state index is 12.0. The molecule has 0 fully saturated rings. The van der Waals surface area contributed by atoms with Crippen LogP contribution in [-0.2, 0) is 25.7 Å². The topological polar surface area (TPSA) is 148 Å². The Balaban J connectivity index is 1.86. The van der Waals surface area contributed by atoms with Crippen molar-refractivity contribution in [1.29, 1.82) is 0 Å². The van der Waals surface area contributed by atoms with Gasteiger partial charge in [0.15, 0.2) is 0 Å². The van der Waals surface area contributed by atoms with Crippen molar-refractivity contribution in [3.63, 3.8) is 0 Å². The van der Waals surface area contributed by atoms with E-state index in [1.54, 1.807) is 19.3 Å². The molecule has 0 aliphatic heterocycles. The first-order valence-electron chi connectivity index (χ1n) is 8.17. The molecule has 2 aromatic rings. The van der Waals surface area contributed by atoms with Crippen LogP contribution in [0.5, 0.6) is 0 Å². The fourth-order valence-corrected chi connectivity index (χ4v) is 2.18. The number of aromatic nitrogens is 4. The van der Waals surface area contributed by atoms with Crippen molar-refractivity contribution in [1.82, 2.24) is 19.5 Å². The highest BCUT2D eigenvalue weighted by molar-refractivity contribution is 5.89. The van der Waals surface area contributed by atoms with Gasteiger partial charge in [-0.15, -0.1) is 0 Å². The summed E-state index contributed by atoms with van der Waals surface area (Å²) in [7, 11) is 0. The Kier molecular flexibility index (Phi) is 6.80. The van der Waals surface area contributed by atoms with Crippen molar-refractivity contribution in [2.45, 2.75) is 33.2 Å². The minimum atomic E-state index is -0.711. The molecular weight excluding hydrogens is 356 g/mol. The average molecular weight is 376 g/mol. The Hall–Kier alpha value is -3.50. The summed E-state index contributed by atoms with van der Waals surface area (Å²) < 4.78 is 5.66. The first-order valence-corrected chi connectivity index (χ1v) is 8.17. The molecule has 0 radical (unpaired) electrons. The Bertz CT molecular complexity index is 874. The number of carbonyl (C=O) groups is 3. The number of aryl methyl sites for hydroxylation is 2. The zero-order valence-corrected chi connectivity index (χ0v) is 14.9. The van der Waals surface area contributed by atoms with Gasteiger partial charge in [-0.2, -0.15) is 4.98 Å². The zero-order valence-electron chi connectivity index (χ0n) is 14.9. The Morgan fingerprint density at radius 1 is 1.30 bits per heavy atom. The lowest BCUT2D eigenvalue weighted by atomic mass is 10.3. The number of esters is 2. The summed E-state index contributed by atoms with van der Waals surface area (Å²) in [6.45, 7) is 3.19. The van der Waals surface area contributed by atoms with Gasteiger partial charge in [-0.3, -0.25) is 24.3 Å². The Labute approximate surface area is 154 Å². The van der Waals surface area contributed by atoms with Gasteiger partial charge < -0.3 is 15.0 Å². The Morgan fingerprint density at radius 3 is 2.74 bits per heavy atom. The van der Waals surface area contributed by atoms with Gasteiger partial charge in [0.05, 0.1) is 6.42 Å². The lowest BCUT2D eigenvalue weighted by molar-refractivity contribution is -0.158. The van der Waals surface area contributed by atoms with E-state index in [4.69, 9.17) is 0 Å². The normalized spacial score (nSPS) is 10.3. The molecule has 0 saturated carbocycles. The summed E-state index contributed by atoms with van der Waals surface area (Å²) in [6, 6.07) is 0. The summed E-state index contributed by atoms with van der Waals surface area (Å²) >= 11 is 0. The molecule has 0 bridgehead atoms. The summed E-state index contributed by atoms with van der Waals surface area (Å²) in [5.41, 5.74) is 0.111. The van der Waals surface area contributed by atoms with Crippen molar-refractivity contribution in [3.05, 3.63) is 34.6 Å². The van der Waals surface area contributed by atoms with E-state index in [9.17, 15) is 19.2 Å². The summed E-state index contributed by atoms with van der Waals surface area (Å²) in [5.74, 6) is -0.935. The summed E-state index contributed by atoms with van der Waals surface area (Å²) in [4.78, 5) is 56.4. The number of rotatable bonds is 8. The fraction of sp³-hybridized carbons (Fsp3) is 0.375. The number of anilines is 2. The number of ether oxygens (including phenoxy) is 1. The van der Waals surface area contributed by atoms with Crippen LogP contribution in [0.4, 0.5) is 11.8 Å². The lowest BCUT2D eigenvalue weighted by Crippen LogP contribution is -2.27. The molecule has 11 nitrogen and oxygen atoms in total. The molecule has 0 atom stereocenters. The van der Waals surface area contributed by atoms with E-state index in [-0.39, 0.29) is 31.8 Å². The summed E-state index contributed by atoms with van der Waals surface area (Å²) in [6.07, 6.45) is 4.69. The number of hydrogen-bond acceptors (Lipinski definition) is 8. The molecule has 0 aliphatic carbocycles. The van der Waals surface area contributed by atoms with Crippen molar-refractivity contribution in [3.8, 4) is 0 Å². The first kappa shape index (κ1) is 19.8. The molecule has 144 valence electrons. The van der Waals surface area contributed by atoms with Crippen LogP contribution in [0, 0.1) is 6.92 Å². The first-order chi connectivity index (χ1) is 12.8. The monoisotopic (exact) mass is 376 g/mol. The maximum absolute atomic E-state index is 12.0. The standard InChI is InChI=1S/C16H20N6O5/c1-10-9-22(8-4-13(25)27-11(2)23)16(26)21-14(10)17-5-3-12(24)20-15-18-6-7-19-15/h6-7,9H,3-5,8H2,1-2H3,(H,17,21,26)(H2,18,19,20,24). The molecule has 3 N–H and O–H groups in total. The van der Waals surface area contributed by atoms with Crippen LogP contribution < -0.4 is 16.3 Å². The van der Waals surface area contributed by atoms with Crippen molar-refractivity contribution in [2.75, 3.05) is 17.2 Å². The molecule has 1 amide bonds. The molecule has 0 aromatic carbocycles. The van der Waals surface area contributed by atoms with Crippen molar-refractivity contribution in [2.24, 2.45) is 0 Å². The third kappa shape index (κ3) is 6.38. The van der Waals surface area contributed by atoms with E-state index < -0.39 is 17.6 Å². The molecular formula is C16H20N6O5. The van der Waals surface area contributed by atoms with E-state index in [0.29, 0.717) is 17.3 Å². The quantitative estimate of drug-likeness (QED) is 0.437. The molecule has 0 saturated heterocycles.